The van der Waals surface area contributed by atoms with Gasteiger partial charge in [-0.2, -0.15) is 0 Å². The number of anilines is 1. The highest BCUT2D eigenvalue weighted by atomic mass is 35.5. The van der Waals surface area contributed by atoms with Crippen LogP contribution in [0, 0.1) is 0 Å². The van der Waals surface area contributed by atoms with E-state index in [9.17, 15) is 0 Å². The fraction of sp³-hybridized carbons (Fsp3) is 0. The molecule has 0 aromatic carbocycles. The number of nitrogens with two attached hydrogens (primary N) is 1. The van der Waals surface area contributed by atoms with E-state index in [1.54, 1.807) is 11.3 Å². The number of halogens is 1. The van der Waals surface area contributed by atoms with Crippen molar-refractivity contribution in [2.45, 2.75) is 0 Å². The van der Waals surface area contributed by atoms with Gasteiger partial charge in [-0.1, -0.05) is 22.8 Å². The highest BCUT2D eigenvalue weighted by molar-refractivity contribution is 7.15. The Kier molecular flexibility index (Phi) is 2.66. The fourth-order valence-corrected chi connectivity index (χ4v) is 3.49. The lowest BCUT2D eigenvalue weighted by atomic mass is 10.2. The van der Waals surface area contributed by atoms with Crippen LogP contribution in [0.4, 0.5) is 5.88 Å². The van der Waals surface area contributed by atoms with Gasteiger partial charge in [0.15, 0.2) is 0 Å². The molecular formula is C11H7ClN2OS2. The van der Waals surface area contributed by atoms with Crippen LogP contribution in [0.5, 0.6) is 0 Å². The van der Waals surface area contributed by atoms with Crippen LogP contribution in [0.3, 0.4) is 0 Å². The second-order valence-electron chi connectivity index (χ2n) is 3.35. The standard InChI is InChI=1S/C11H7ClN2OS2/c12-6-3-5-17-10(6)9-8(11(13)15-14-9)7-2-1-4-16-7/h1-5H,13H2. The Bertz CT molecular complexity index is 642. The number of nitrogens with zero attached hydrogens (tertiary/aromatic N) is 1. The van der Waals surface area contributed by atoms with E-state index in [4.69, 9.17) is 21.9 Å². The Morgan fingerprint density at radius 1 is 1.24 bits per heavy atom. The second-order valence-corrected chi connectivity index (χ2v) is 5.62. The first-order chi connectivity index (χ1) is 8.27. The van der Waals surface area contributed by atoms with Crippen LogP contribution in [-0.2, 0) is 0 Å². The Hall–Kier alpha value is -1.30. The second kappa shape index (κ2) is 4.18. The van der Waals surface area contributed by atoms with Gasteiger partial charge < -0.3 is 10.3 Å². The molecule has 0 radical (unpaired) electrons. The molecule has 0 saturated carbocycles. The molecule has 2 N–H and O–H groups in total. The summed E-state index contributed by atoms with van der Waals surface area (Å²) in [6.07, 6.45) is 0. The summed E-state index contributed by atoms with van der Waals surface area (Å²) in [5.74, 6) is 0.326. The highest BCUT2D eigenvalue weighted by Crippen LogP contribution is 2.42. The maximum absolute atomic E-state index is 6.11. The molecule has 0 aliphatic rings. The molecule has 3 aromatic heterocycles. The van der Waals surface area contributed by atoms with Crippen molar-refractivity contribution >= 4 is 40.2 Å². The quantitative estimate of drug-likeness (QED) is 0.759. The van der Waals surface area contributed by atoms with Gasteiger partial charge in [-0.05, 0) is 22.9 Å². The minimum Gasteiger partial charge on any atom is -0.367 e. The van der Waals surface area contributed by atoms with Crippen LogP contribution in [0.25, 0.3) is 21.0 Å². The lowest BCUT2D eigenvalue weighted by Crippen LogP contribution is -1.84. The van der Waals surface area contributed by atoms with Gasteiger partial charge in [0.1, 0.15) is 5.69 Å². The zero-order chi connectivity index (χ0) is 11.8. The molecule has 0 spiro atoms. The summed E-state index contributed by atoms with van der Waals surface area (Å²) in [6, 6.07) is 5.79. The molecule has 86 valence electrons. The minimum atomic E-state index is 0.326. The van der Waals surface area contributed by atoms with E-state index in [0.29, 0.717) is 16.6 Å². The van der Waals surface area contributed by atoms with Gasteiger partial charge in [-0.15, -0.1) is 22.7 Å². The molecule has 3 aromatic rings. The molecule has 0 bridgehead atoms. The number of hydrogen-bond donors (Lipinski definition) is 1. The summed E-state index contributed by atoms with van der Waals surface area (Å²) >= 11 is 9.22. The van der Waals surface area contributed by atoms with Gasteiger partial charge in [0.25, 0.3) is 0 Å². The van der Waals surface area contributed by atoms with Crippen molar-refractivity contribution < 1.29 is 4.52 Å². The molecule has 0 saturated heterocycles. The third-order valence-electron chi connectivity index (χ3n) is 2.32. The first kappa shape index (κ1) is 10.8. The Morgan fingerprint density at radius 2 is 2.12 bits per heavy atom. The molecule has 0 aliphatic heterocycles. The number of hydrogen-bond acceptors (Lipinski definition) is 5. The molecule has 3 nitrogen and oxygen atoms in total. The summed E-state index contributed by atoms with van der Waals surface area (Å²) in [6.45, 7) is 0. The smallest absolute Gasteiger partial charge is 0.231 e. The average Bonchev–Trinajstić information content (AvgIpc) is 2.98. The monoisotopic (exact) mass is 282 g/mol. The maximum atomic E-state index is 6.11. The zero-order valence-electron chi connectivity index (χ0n) is 8.51. The number of nitrogen functional groups attached to an aromatic ring is 1. The van der Waals surface area contributed by atoms with Gasteiger partial charge in [0.2, 0.25) is 5.88 Å². The summed E-state index contributed by atoms with van der Waals surface area (Å²) in [7, 11) is 0. The van der Waals surface area contributed by atoms with Crippen molar-refractivity contribution in [2.24, 2.45) is 0 Å². The van der Waals surface area contributed by atoms with Gasteiger partial charge in [-0.3, -0.25) is 0 Å². The predicted molar refractivity (Wildman–Crippen MR) is 72.6 cm³/mol. The van der Waals surface area contributed by atoms with Crippen molar-refractivity contribution in [1.82, 2.24) is 5.16 Å². The molecule has 17 heavy (non-hydrogen) atoms. The molecule has 3 heterocycles. The van der Waals surface area contributed by atoms with Crippen LogP contribution >= 0.6 is 34.3 Å². The number of thiophene rings is 2. The van der Waals surface area contributed by atoms with Gasteiger partial charge >= 0.3 is 0 Å². The predicted octanol–water partition coefficient (Wildman–Crippen LogP) is 4.37. The average molecular weight is 283 g/mol. The Balaban J connectivity index is 2.23. The molecule has 0 atom stereocenters. The molecule has 0 fully saturated rings. The highest BCUT2D eigenvalue weighted by Gasteiger charge is 2.20. The number of rotatable bonds is 2. The van der Waals surface area contributed by atoms with Crippen molar-refractivity contribution in [2.75, 3.05) is 5.73 Å². The Morgan fingerprint density at radius 3 is 2.76 bits per heavy atom. The molecule has 6 heteroatoms. The third-order valence-corrected chi connectivity index (χ3v) is 4.55. The van der Waals surface area contributed by atoms with E-state index in [1.807, 2.05) is 29.0 Å². The van der Waals surface area contributed by atoms with Crippen LogP contribution in [-0.4, -0.2) is 5.16 Å². The van der Waals surface area contributed by atoms with Crippen LogP contribution in [0.15, 0.2) is 33.5 Å². The zero-order valence-corrected chi connectivity index (χ0v) is 10.9. The molecule has 0 amide bonds. The van der Waals surface area contributed by atoms with Crippen molar-refractivity contribution in [3.63, 3.8) is 0 Å². The minimum absolute atomic E-state index is 0.326. The van der Waals surface area contributed by atoms with Crippen molar-refractivity contribution in [3.8, 4) is 21.0 Å². The SMILES string of the molecule is Nc1onc(-c2sccc2Cl)c1-c1cccs1. The van der Waals surface area contributed by atoms with Crippen LogP contribution in [0.2, 0.25) is 5.02 Å². The molecular weight excluding hydrogens is 276 g/mol. The van der Waals surface area contributed by atoms with Crippen molar-refractivity contribution in [3.05, 3.63) is 34.0 Å². The van der Waals surface area contributed by atoms with E-state index >= 15 is 0 Å². The largest absolute Gasteiger partial charge is 0.367 e. The summed E-state index contributed by atoms with van der Waals surface area (Å²) in [5.41, 5.74) is 7.36. The van der Waals surface area contributed by atoms with E-state index in [-0.39, 0.29) is 0 Å². The van der Waals surface area contributed by atoms with E-state index in [0.717, 1.165) is 15.3 Å². The maximum Gasteiger partial charge on any atom is 0.231 e. The van der Waals surface area contributed by atoms with Crippen molar-refractivity contribution in [1.29, 1.82) is 0 Å². The van der Waals surface area contributed by atoms with E-state index in [2.05, 4.69) is 5.16 Å². The third kappa shape index (κ3) is 1.76. The van der Waals surface area contributed by atoms with Gasteiger partial charge in [-0.25, -0.2) is 0 Å². The molecule has 3 rings (SSSR count). The summed E-state index contributed by atoms with van der Waals surface area (Å²) in [4.78, 5) is 1.92. The summed E-state index contributed by atoms with van der Waals surface area (Å²) < 4.78 is 5.08. The van der Waals surface area contributed by atoms with Crippen LogP contribution in [0.1, 0.15) is 0 Å². The van der Waals surface area contributed by atoms with Gasteiger partial charge in [0.05, 0.1) is 15.5 Å². The van der Waals surface area contributed by atoms with Gasteiger partial charge in [0, 0.05) is 4.88 Å². The van der Waals surface area contributed by atoms with E-state index < -0.39 is 0 Å². The lowest BCUT2D eigenvalue weighted by Gasteiger charge is -1.97. The normalized spacial score (nSPS) is 10.9. The summed E-state index contributed by atoms with van der Waals surface area (Å²) in [5, 5.41) is 8.58. The Labute approximate surface area is 110 Å². The first-order valence-electron chi connectivity index (χ1n) is 4.79. The topological polar surface area (TPSA) is 52.0 Å². The molecule has 0 unspecified atom stereocenters. The van der Waals surface area contributed by atoms with E-state index in [1.165, 1.54) is 11.3 Å². The number of aromatic nitrogens is 1. The first-order valence-corrected chi connectivity index (χ1v) is 6.93. The van der Waals surface area contributed by atoms with Crippen LogP contribution < -0.4 is 5.73 Å². The lowest BCUT2D eigenvalue weighted by molar-refractivity contribution is 0.439. The fourth-order valence-electron chi connectivity index (χ4n) is 1.58. The molecule has 0 aliphatic carbocycles.